The molecule has 70 valence electrons. The first-order valence-electron chi connectivity index (χ1n) is 4.25. The summed E-state index contributed by atoms with van der Waals surface area (Å²) in [6.07, 6.45) is 5.16. The van der Waals surface area contributed by atoms with Gasteiger partial charge < -0.3 is 5.11 Å². The van der Waals surface area contributed by atoms with Crippen molar-refractivity contribution in [2.24, 2.45) is 7.05 Å². The van der Waals surface area contributed by atoms with Crippen LogP contribution in [0.4, 0.5) is 0 Å². The van der Waals surface area contributed by atoms with E-state index in [9.17, 15) is 5.11 Å². The van der Waals surface area contributed by atoms with E-state index in [0.29, 0.717) is 0 Å². The van der Waals surface area contributed by atoms with Gasteiger partial charge in [0, 0.05) is 7.05 Å². The van der Waals surface area contributed by atoms with Gasteiger partial charge in [-0.3, -0.25) is 4.68 Å². The van der Waals surface area contributed by atoms with Crippen LogP contribution >= 0.6 is 15.9 Å². The van der Waals surface area contributed by atoms with Gasteiger partial charge >= 0.3 is 0 Å². The number of aliphatic hydroxyl groups is 1. The molecule has 1 aliphatic carbocycles. The molecular weight excluding hydrogens is 232 g/mol. The molecule has 1 aromatic heterocycles. The normalized spacial score (nSPS) is 22.1. The molecule has 0 saturated carbocycles. The first kappa shape index (κ1) is 8.97. The molecule has 0 aromatic carbocycles. The van der Waals surface area contributed by atoms with Gasteiger partial charge in [-0.1, -0.05) is 6.08 Å². The highest BCUT2D eigenvalue weighted by Crippen LogP contribution is 2.31. The molecule has 1 N–H and O–H groups in total. The van der Waals surface area contributed by atoms with Crippen LogP contribution in [-0.4, -0.2) is 21.0 Å². The number of halogens is 1. The molecule has 0 bridgehead atoms. The zero-order valence-corrected chi connectivity index (χ0v) is 8.95. The van der Waals surface area contributed by atoms with Crippen LogP contribution in [0.5, 0.6) is 0 Å². The second-order valence-corrected chi connectivity index (χ2v) is 4.12. The number of nitrogens with zero attached hydrogens (tertiary/aromatic N) is 2. The summed E-state index contributed by atoms with van der Waals surface area (Å²) in [5.41, 5.74) is 2.26. The van der Waals surface area contributed by atoms with E-state index in [1.54, 1.807) is 6.20 Å². The highest BCUT2D eigenvalue weighted by molar-refractivity contribution is 9.10. The SMILES string of the molecule is Cn1ncc(Br)c1C1=CC(O)CC1. The van der Waals surface area contributed by atoms with Gasteiger partial charge in [-0.15, -0.1) is 0 Å². The fraction of sp³-hybridized carbons (Fsp3) is 0.444. The maximum Gasteiger partial charge on any atom is 0.0778 e. The molecule has 4 heteroatoms. The van der Waals surface area contributed by atoms with Crippen molar-refractivity contribution in [1.29, 1.82) is 0 Å². The zero-order chi connectivity index (χ0) is 9.42. The molecule has 0 fully saturated rings. The predicted molar refractivity (Wildman–Crippen MR) is 54.1 cm³/mol. The Hall–Kier alpha value is -0.610. The fourth-order valence-electron chi connectivity index (χ4n) is 1.67. The molecule has 1 atom stereocenters. The van der Waals surface area contributed by atoms with Gasteiger partial charge in [0.15, 0.2) is 0 Å². The monoisotopic (exact) mass is 242 g/mol. The van der Waals surface area contributed by atoms with E-state index in [4.69, 9.17) is 0 Å². The molecule has 1 heterocycles. The summed E-state index contributed by atoms with van der Waals surface area (Å²) in [6, 6.07) is 0. The summed E-state index contributed by atoms with van der Waals surface area (Å²) in [5.74, 6) is 0. The number of hydrogen-bond donors (Lipinski definition) is 1. The third-order valence-corrected chi connectivity index (χ3v) is 2.88. The van der Waals surface area contributed by atoms with Crippen molar-refractivity contribution in [1.82, 2.24) is 9.78 Å². The lowest BCUT2D eigenvalue weighted by Crippen LogP contribution is -1.96. The third kappa shape index (κ3) is 1.56. The predicted octanol–water partition coefficient (Wildman–Crippen LogP) is 1.72. The largest absolute Gasteiger partial charge is 0.389 e. The smallest absolute Gasteiger partial charge is 0.0778 e. The van der Waals surface area contributed by atoms with Gasteiger partial charge in [0.2, 0.25) is 0 Å². The Bertz CT molecular complexity index is 337. The van der Waals surface area contributed by atoms with Crippen molar-refractivity contribution >= 4 is 21.5 Å². The van der Waals surface area contributed by atoms with E-state index in [1.165, 1.54) is 5.57 Å². The first-order chi connectivity index (χ1) is 6.18. The Morgan fingerprint density at radius 3 is 2.92 bits per heavy atom. The molecule has 1 unspecified atom stereocenters. The molecular formula is C9H11BrN2O. The number of rotatable bonds is 1. The van der Waals surface area contributed by atoms with E-state index in [-0.39, 0.29) is 6.10 Å². The summed E-state index contributed by atoms with van der Waals surface area (Å²) in [7, 11) is 1.91. The van der Waals surface area contributed by atoms with Crippen LogP contribution in [-0.2, 0) is 7.05 Å². The summed E-state index contributed by atoms with van der Waals surface area (Å²) in [6.45, 7) is 0. The van der Waals surface area contributed by atoms with Gasteiger partial charge in [0.25, 0.3) is 0 Å². The summed E-state index contributed by atoms with van der Waals surface area (Å²) in [4.78, 5) is 0. The van der Waals surface area contributed by atoms with Gasteiger partial charge in [0.1, 0.15) is 0 Å². The third-order valence-electron chi connectivity index (χ3n) is 2.30. The van der Waals surface area contributed by atoms with E-state index in [2.05, 4.69) is 21.0 Å². The second-order valence-electron chi connectivity index (χ2n) is 3.26. The summed E-state index contributed by atoms with van der Waals surface area (Å²) >= 11 is 3.44. The van der Waals surface area contributed by atoms with Crippen LogP contribution < -0.4 is 0 Å². The lowest BCUT2D eigenvalue weighted by atomic mass is 10.2. The molecule has 13 heavy (non-hydrogen) atoms. The maximum atomic E-state index is 9.36. The van der Waals surface area contributed by atoms with E-state index in [1.807, 2.05) is 17.8 Å². The van der Waals surface area contributed by atoms with Crippen molar-refractivity contribution < 1.29 is 5.11 Å². The van der Waals surface area contributed by atoms with Crippen molar-refractivity contribution in [3.05, 3.63) is 22.4 Å². The Labute approximate surface area is 85.2 Å². The maximum absolute atomic E-state index is 9.36. The quantitative estimate of drug-likeness (QED) is 0.815. The van der Waals surface area contributed by atoms with E-state index >= 15 is 0 Å². The van der Waals surface area contributed by atoms with Gasteiger partial charge in [0.05, 0.1) is 22.5 Å². The minimum Gasteiger partial charge on any atom is -0.389 e. The molecule has 0 saturated heterocycles. The van der Waals surface area contributed by atoms with Gasteiger partial charge in [-0.2, -0.15) is 5.10 Å². The number of hydrogen-bond acceptors (Lipinski definition) is 2. The highest BCUT2D eigenvalue weighted by atomic mass is 79.9. The van der Waals surface area contributed by atoms with Crippen LogP contribution in [0.15, 0.2) is 16.7 Å². The van der Waals surface area contributed by atoms with Crippen LogP contribution in [0, 0.1) is 0 Å². The minimum absolute atomic E-state index is 0.281. The second kappa shape index (κ2) is 3.27. The zero-order valence-electron chi connectivity index (χ0n) is 7.37. The van der Waals surface area contributed by atoms with Crippen molar-refractivity contribution in [2.75, 3.05) is 0 Å². The average molecular weight is 243 g/mol. The van der Waals surface area contributed by atoms with Crippen LogP contribution in [0.25, 0.3) is 5.57 Å². The standard InChI is InChI=1S/C9H11BrN2O/c1-12-9(8(10)5-11-12)6-2-3-7(13)4-6/h4-5,7,13H,2-3H2,1H3. The van der Waals surface area contributed by atoms with E-state index in [0.717, 1.165) is 23.0 Å². The topological polar surface area (TPSA) is 38.0 Å². The number of aryl methyl sites for hydroxylation is 1. The fourth-order valence-corrected chi connectivity index (χ4v) is 2.27. The lowest BCUT2D eigenvalue weighted by molar-refractivity contribution is 0.223. The molecule has 0 radical (unpaired) electrons. The van der Waals surface area contributed by atoms with Crippen LogP contribution in [0.1, 0.15) is 18.5 Å². The Kier molecular flexibility index (Phi) is 2.26. The lowest BCUT2D eigenvalue weighted by Gasteiger charge is -2.02. The highest BCUT2D eigenvalue weighted by Gasteiger charge is 2.18. The Balaban J connectivity index is 2.40. The number of aromatic nitrogens is 2. The molecule has 3 nitrogen and oxygen atoms in total. The molecule has 1 aliphatic rings. The molecule has 0 amide bonds. The van der Waals surface area contributed by atoms with Crippen molar-refractivity contribution in [3.8, 4) is 0 Å². The van der Waals surface area contributed by atoms with E-state index < -0.39 is 0 Å². The van der Waals surface area contributed by atoms with Gasteiger partial charge in [-0.05, 0) is 34.3 Å². The summed E-state index contributed by atoms with van der Waals surface area (Å²) < 4.78 is 2.82. The van der Waals surface area contributed by atoms with Crippen molar-refractivity contribution in [3.63, 3.8) is 0 Å². The molecule has 0 spiro atoms. The van der Waals surface area contributed by atoms with Crippen LogP contribution in [0.3, 0.4) is 0 Å². The summed E-state index contributed by atoms with van der Waals surface area (Å²) in [5, 5.41) is 13.5. The Morgan fingerprint density at radius 1 is 1.69 bits per heavy atom. The molecule has 2 rings (SSSR count). The molecule has 0 aliphatic heterocycles. The number of allylic oxidation sites excluding steroid dienone is 1. The average Bonchev–Trinajstić information content (AvgIpc) is 2.60. The van der Waals surface area contributed by atoms with Gasteiger partial charge in [-0.25, -0.2) is 0 Å². The molecule has 1 aromatic rings. The van der Waals surface area contributed by atoms with Crippen molar-refractivity contribution in [2.45, 2.75) is 18.9 Å². The first-order valence-corrected chi connectivity index (χ1v) is 5.04. The number of aliphatic hydroxyl groups excluding tert-OH is 1. The minimum atomic E-state index is -0.281. The Morgan fingerprint density at radius 2 is 2.46 bits per heavy atom. The van der Waals surface area contributed by atoms with Crippen LogP contribution in [0.2, 0.25) is 0 Å².